The van der Waals surface area contributed by atoms with E-state index in [4.69, 9.17) is 9.47 Å². The van der Waals surface area contributed by atoms with Crippen molar-refractivity contribution in [2.24, 2.45) is 0 Å². The van der Waals surface area contributed by atoms with Gasteiger partial charge in [0, 0.05) is 12.8 Å². The van der Waals surface area contributed by atoms with Crippen molar-refractivity contribution < 1.29 is 24.2 Å². The summed E-state index contributed by atoms with van der Waals surface area (Å²) in [5.74, 6) is -0.587. The second-order valence-electron chi connectivity index (χ2n) is 19.0. The van der Waals surface area contributed by atoms with Gasteiger partial charge in [-0.25, -0.2) is 0 Å². The van der Waals surface area contributed by atoms with Crippen LogP contribution in [0.3, 0.4) is 0 Å². The molecule has 0 aromatic rings. The van der Waals surface area contributed by atoms with Crippen LogP contribution in [0.5, 0.6) is 0 Å². The fourth-order valence-corrected chi connectivity index (χ4v) is 8.32. The van der Waals surface area contributed by atoms with Crippen molar-refractivity contribution in [2.45, 2.75) is 302 Å². The van der Waals surface area contributed by atoms with Gasteiger partial charge in [0.15, 0.2) is 6.10 Å². The molecule has 0 bridgehead atoms. The lowest BCUT2D eigenvalue weighted by Gasteiger charge is -2.15. The molecule has 0 aromatic carbocycles. The number of carbonyl (C=O) groups excluding carboxylic acids is 2. The van der Waals surface area contributed by atoms with E-state index < -0.39 is 6.10 Å². The minimum absolute atomic E-state index is 0.0670. The Morgan fingerprint density at radius 2 is 0.625 bits per heavy atom. The summed E-state index contributed by atoms with van der Waals surface area (Å²) in [6, 6.07) is 0. The number of aliphatic hydroxyl groups excluding tert-OH is 1. The van der Waals surface area contributed by atoms with Crippen molar-refractivity contribution in [2.75, 3.05) is 13.2 Å². The third-order valence-corrected chi connectivity index (χ3v) is 12.6. The molecular formula is C59H108O5. The van der Waals surface area contributed by atoms with Gasteiger partial charge in [-0.15, -0.1) is 0 Å². The van der Waals surface area contributed by atoms with E-state index in [1.807, 2.05) is 0 Å². The number of rotatable bonds is 52. The zero-order valence-electron chi connectivity index (χ0n) is 42.8. The average Bonchev–Trinajstić information content (AvgIpc) is 3.30. The number of hydrogen-bond donors (Lipinski definition) is 1. The molecule has 0 rings (SSSR count). The van der Waals surface area contributed by atoms with Gasteiger partial charge in [0.1, 0.15) is 6.61 Å². The lowest BCUT2D eigenvalue weighted by molar-refractivity contribution is -0.161. The highest BCUT2D eigenvalue weighted by molar-refractivity contribution is 5.70. The zero-order valence-corrected chi connectivity index (χ0v) is 42.8. The van der Waals surface area contributed by atoms with Crippen LogP contribution in [0.2, 0.25) is 0 Å². The molecule has 0 aromatic heterocycles. The Morgan fingerprint density at radius 1 is 0.359 bits per heavy atom. The predicted octanol–water partition coefficient (Wildman–Crippen LogP) is 18.9. The first-order chi connectivity index (χ1) is 31.6. The zero-order chi connectivity index (χ0) is 46.3. The SMILES string of the molecule is CCCCCCC/C=C\C/C=C\C/C=C\CCCCCCCCCCC(=O)OC(CO)COC(=O)CCCCCCCCCCCCCCCCC/C=C\CCCCCCCCCC. The minimum Gasteiger partial charge on any atom is -0.462 e. The fourth-order valence-electron chi connectivity index (χ4n) is 8.32. The fraction of sp³-hybridized carbons (Fsp3) is 0.831. The predicted molar refractivity (Wildman–Crippen MR) is 279 cm³/mol. The lowest BCUT2D eigenvalue weighted by atomic mass is 10.0. The number of allylic oxidation sites excluding steroid dienone is 8. The summed E-state index contributed by atoms with van der Waals surface area (Å²) in [6.07, 6.45) is 72.2. The first-order valence-corrected chi connectivity index (χ1v) is 28.2. The van der Waals surface area contributed by atoms with E-state index in [1.54, 1.807) is 0 Å². The second-order valence-corrected chi connectivity index (χ2v) is 19.0. The first kappa shape index (κ1) is 61.9. The second kappa shape index (κ2) is 55.2. The van der Waals surface area contributed by atoms with E-state index in [2.05, 4.69) is 62.5 Å². The average molecular weight is 898 g/mol. The van der Waals surface area contributed by atoms with Gasteiger partial charge in [-0.3, -0.25) is 9.59 Å². The number of ether oxygens (including phenoxy) is 2. The van der Waals surface area contributed by atoms with Gasteiger partial charge in [-0.1, -0.05) is 255 Å². The van der Waals surface area contributed by atoms with Gasteiger partial charge < -0.3 is 14.6 Å². The Morgan fingerprint density at radius 3 is 0.953 bits per heavy atom. The van der Waals surface area contributed by atoms with Gasteiger partial charge >= 0.3 is 11.9 Å². The van der Waals surface area contributed by atoms with Gasteiger partial charge in [0.05, 0.1) is 6.61 Å². The molecule has 0 radical (unpaired) electrons. The Kier molecular flexibility index (Phi) is 53.3. The Balaban J connectivity index is 3.47. The van der Waals surface area contributed by atoms with Gasteiger partial charge in [-0.05, 0) is 77.0 Å². The largest absolute Gasteiger partial charge is 0.462 e. The van der Waals surface area contributed by atoms with E-state index in [9.17, 15) is 14.7 Å². The van der Waals surface area contributed by atoms with E-state index in [0.29, 0.717) is 12.8 Å². The molecule has 1 N–H and O–H groups in total. The molecular weight excluding hydrogens is 789 g/mol. The van der Waals surface area contributed by atoms with Crippen LogP contribution in [0, 0.1) is 0 Å². The Labute approximate surface area is 398 Å². The first-order valence-electron chi connectivity index (χ1n) is 28.2. The highest BCUT2D eigenvalue weighted by Gasteiger charge is 2.16. The van der Waals surface area contributed by atoms with Crippen LogP contribution in [-0.4, -0.2) is 36.4 Å². The van der Waals surface area contributed by atoms with E-state index in [0.717, 1.165) is 51.4 Å². The highest BCUT2D eigenvalue weighted by atomic mass is 16.6. The molecule has 0 saturated heterocycles. The molecule has 0 aliphatic carbocycles. The Bertz CT molecular complexity index is 1060. The van der Waals surface area contributed by atoms with E-state index >= 15 is 0 Å². The lowest BCUT2D eigenvalue weighted by Crippen LogP contribution is -2.28. The molecule has 1 atom stereocenters. The third kappa shape index (κ3) is 52.5. The van der Waals surface area contributed by atoms with Gasteiger partial charge in [-0.2, -0.15) is 0 Å². The Hall–Kier alpha value is -2.14. The van der Waals surface area contributed by atoms with Crippen molar-refractivity contribution in [1.29, 1.82) is 0 Å². The molecule has 0 aliphatic heterocycles. The van der Waals surface area contributed by atoms with E-state index in [1.165, 1.54) is 218 Å². The van der Waals surface area contributed by atoms with Gasteiger partial charge in [0.25, 0.3) is 0 Å². The summed E-state index contributed by atoms with van der Waals surface area (Å²) >= 11 is 0. The monoisotopic (exact) mass is 897 g/mol. The summed E-state index contributed by atoms with van der Waals surface area (Å²) in [7, 11) is 0. The van der Waals surface area contributed by atoms with Crippen LogP contribution in [-0.2, 0) is 19.1 Å². The van der Waals surface area contributed by atoms with Crippen LogP contribution in [0.4, 0.5) is 0 Å². The van der Waals surface area contributed by atoms with Crippen molar-refractivity contribution in [3.8, 4) is 0 Å². The standard InChI is InChI=1S/C59H108O5/c1-3-5-7-9-11-13-15-17-19-21-23-25-27-28-29-30-32-33-35-37-39-41-43-45-47-49-51-53-58(61)63-56-57(55-60)64-59(62)54-52-50-48-46-44-42-40-38-36-34-31-26-24-22-20-18-16-14-12-10-8-6-4-2/h16,18,21-24,31,34,57,60H,3-15,17,19-20,25-30,32-33,35-56H2,1-2H3/b18-16-,23-21-,24-22-,34-31-. The summed E-state index contributed by atoms with van der Waals surface area (Å²) < 4.78 is 10.7. The number of hydrogen-bond acceptors (Lipinski definition) is 5. The maximum Gasteiger partial charge on any atom is 0.306 e. The van der Waals surface area contributed by atoms with Crippen molar-refractivity contribution >= 4 is 11.9 Å². The van der Waals surface area contributed by atoms with Crippen LogP contribution >= 0.6 is 0 Å². The molecule has 0 amide bonds. The number of aliphatic hydroxyl groups is 1. The minimum atomic E-state index is -0.777. The molecule has 5 heteroatoms. The number of unbranched alkanes of at least 4 members (excludes halogenated alkanes) is 36. The van der Waals surface area contributed by atoms with Crippen LogP contribution in [0.1, 0.15) is 296 Å². The molecule has 0 fully saturated rings. The molecule has 0 spiro atoms. The normalized spacial score (nSPS) is 12.5. The summed E-state index contributed by atoms with van der Waals surface area (Å²) in [6.45, 7) is 4.16. The van der Waals surface area contributed by atoms with E-state index in [-0.39, 0.29) is 25.2 Å². The molecule has 5 nitrogen and oxygen atoms in total. The molecule has 0 heterocycles. The summed E-state index contributed by atoms with van der Waals surface area (Å²) in [4.78, 5) is 24.5. The quantitative estimate of drug-likeness (QED) is 0.0374. The van der Waals surface area contributed by atoms with Crippen molar-refractivity contribution in [1.82, 2.24) is 0 Å². The molecule has 0 aliphatic rings. The number of carbonyl (C=O) groups is 2. The van der Waals surface area contributed by atoms with Crippen LogP contribution in [0.15, 0.2) is 48.6 Å². The molecule has 0 saturated carbocycles. The maximum absolute atomic E-state index is 12.3. The number of esters is 2. The van der Waals surface area contributed by atoms with Gasteiger partial charge in [0.2, 0.25) is 0 Å². The van der Waals surface area contributed by atoms with Crippen LogP contribution in [0.25, 0.3) is 0 Å². The summed E-state index contributed by atoms with van der Waals surface area (Å²) in [5.41, 5.74) is 0. The third-order valence-electron chi connectivity index (χ3n) is 12.6. The van der Waals surface area contributed by atoms with Crippen molar-refractivity contribution in [3.05, 3.63) is 48.6 Å². The van der Waals surface area contributed by atoms with Crippen molar-refractivity contribution in [3.63, 3.8) is 0 Å². The topological polar surface area (TPSA) is 72.8 Å². The van der Waals surface area contributed by atoms with Crippen LogP contribution < -0.4 is 0 Å². The smallest absolute Gasteiger partial charge is 0.306 e. The summed E-state index contributed by atoms with van der Waals surface area (Å²) in [5, 5.41) is 9.65. The highest BCUT2D eigenvalue weighted by Crippen LogP contribution is 2.16. The maximum atomic E-state index is 12.3. The molecule has 1 unspecified atom stereocenters. The molecule has 64 heavy (non-hydrogen) atoms. The molecule has 374 valence electrons.